The standard InChI is InChI=1S/C15H24O/c1-14(2,3)12-10-6-4-8-15(10)9-5-7-11(16)13(12)15/h10,12-13H,4-9H2,1-3H3/t10-,12-,13-,15+/m0/s1. The van der Waals surface area contributed by atoms with E-state index in [0.717, 1.165) is 12.3 Å². The maximum Gasteiger partial charge on any atom is 0.136 e. The van der Waals surface area contributed by atoms with Gasteiger partial charge in [-0.05, 0) is 48.3 Å². The molecule has 0 unspecified atom stereocenters. The van der Waals surface area contributed by atoms with Crippen LogP contribution in [0.5, 0.6) is 0 Å². The van der Waals surface area contributed by atoms with Crippen molar-refractivity contribution in [3.05, 3.63) is 0 Å². The van der Waals surface area contributed by atoms with E-state index in [9.17, 15) is 4.79 Å². The summed E-state index contributed by atoms with van der Waals surface area (Å²) in [6.45, 7) is 7.01. The molecular formula is C15H24O. The van der Waals surface area contributed by atoms with Crippen LogP contribution in [0.1, 0.15) is 59.3 Å². The maximum absolute atomic E-state index is 12.3. The summed E-state index contributed by atoms with van der Waals surface area (Å²) >= 11 is 0. The lowest BCUT2D eigenvalue weighted by Gasteiger charge is -2.64. The molecule has 3 saturated carbocycles. The molecule has 3 rings (SSSR count). The summed E-state index contributed by atoms with van der Waals surface area (Å²) in [5.74, 6) is 2.60. The van der Waals surface area contributed by atoms with E-state index in [4.69, 9.17) is 0 Å². The minimum absolute atomic E-state index is 0.330. The summed E-state index contributed by atoms with van der Waals surface area (Å²) < 4.78 is 0. The van der Waals surface area contributed by atoms with Gasteiger partial charge in [-0.25, -0.2) is 0 Å². The largest absolute Gasteiger partial charge is 0.299 e. The molecule has 0 aromatic heterocycles. The Hall–Kier alpha value is -0.330. The van der Waals surface area contributed by atoms with Gasteiger partial charge in [-0.15, -0.1) is 0 Å². The summed E-state index contributed by atoms with van der Waals surface area (Å²) in [6.07, 6.45) is 7.50. The Kier molecular flexibility index (Phi) is 2.10. The third-order valence-electron chi connectivity index (χ3n) is 5.72. The second-order valence-corrected chi connectivity index (χ2v) is 7.42. The normalized spacial score (nSPS) is 47.2. The fourth-order valence-corrected chi connectivity index (χ4v) is 5.36. The molecule has 0 saturated heterocycles. The van der Waals surface area contributed by atoms with Crippen LogP contribution in [0.25, 0.3) is 0 Å². The van der Waals surface area contributed by atoms with Gasteiger partial charge in [0.15, 0.2) is 0 Å². The van der Waals surface area contributed by atoms with E-state index in [1.54, 1.807) is 0 Å². The van der Waals surface area contributed by atoms with Crippen LogP contribution in [0.4, 0.5) is 0 Å². The van der Waals surface area contributed by atoms with Crippen molar-refractivity contribution in [2.45, 2.75) is 59.3 Å². The van der Waals surface area contributed by atoms with Crippen LogP contribution in [-0.4, -0.2) is 5.78 Å². The smallest absolute Gasteiger partial charge is 0.136 e. The molecule has 3 fully saturated rings. The minimum Gasteiger partial charge on any atom is -0.299 e. The molecule has 0 bridgehead atoms. The van der Waals surface area contributed by atoms with Crippen molar-refractivity contribution < 1.29 is 4.79 Å². The molecule has 0 aromatic rings. The molecule has 1 spiro atoms. The fraction of sp³-hybridized carbons (Fsp3) is 0.933. The zero-order chi connectivity index (χ0) is 11.6. The Morgan fingerprint density at radius 1 is 1.19 bits per heavy atom. The zero-order valence-corrected chi connectivity index (χ0v) is 10.9. The molecule has 0 N–H and O–H groups in total. The van der Waals surface area contributed by atoms with Crippen LogP contribution in [0.2, 0.25) is 0 Å². The van der Waals surface area contributed by atoms with Gasteiger partial charge in [-0.3, -0.25) is 4.79 Å². The molecule has 0 heterocycles. The third kappa shape index (κ3) is 1.15. The van der Waals surface area contributed by atoms with Crippen molar-refractivity contribution in [2.75, 3.05) is 0 Å². The quantitative estimate of drug-likeness (QED) is 0.606. The first kappa shape index (κ1) is 10.8. The number of hydrogen-bond acceptors (Lipinski definition) is 1. The lowest BCUT2D eigenvalue weighted by molar-refractivity contribution is -0.182. The average molecular weight is 220 g/mol. The highest BCUT2D eigenvalue weighted by atomic mass is 16.1. The van der Waals surface area contributed by atoms with Gasteiger partial charge in [0, 0.05) is 12.3 Å². The van der Waals surface area contributed by atoms with E-state index < -0.39 is 0 Å². The van der Waals surface area contributed by atoms with Gasteiger partial charge >= 0.3 is 0 Å². The highest BCUT2D eigenvalue weighted by Crippen LogP contribution is 2.72. The van der Waals surface area contributed by atoms with Crippen molar-refractivity contribution in [1.29, 1.82) is 0 Å². The molecule has 1 heteroatoms. The second-order valence-electron chi connectivity index (χ2n) is 7.42. The third-order valence-corrected chi connectivity index (χ3v) is 5.72. The van der Waals surface area contributed by atoms with Crippen LogP contribution in [-0.2, 0) is 4.79 Å². The molecule has 0 aliphatic heterocycles. The Morgan fingerprint density at radius 3 is 2.56 bits per heavy atom. The number of ketones is 1. The molecule has 3 aliphatic carbocycles. The lowest BCUT2D eigenvalue weighted by atomic mass is 9.39. The van der Waals surface area contributed by atoms with E-state index in [1.807, 2.05) is 0 Å². The van der Waals surface area contributed by atoms with Gasteiger partial charge in [0.05, 0.1) is 0 Å². The molecule has 90 valence electrons. The van der Waals surface area contributed by atoms with Crippen LogP contribution in [0.3, 0.4) is 0 Å². The molecule has 3 aliphatic rings. The summed E-state index contributed by atoms with van der Waals surface area (Å²) in [5, 5.41) is 0. The Morgan fingerprint density at radius 2 is 1.88 bits per heavy atom. The van der Waals surface area contributed by atoms with Crippen molar-refractivity contribution in [1.82, 2.24) is 0 Å². The van der Waals surface area contributed by atoms with E-state index in [1.165, 1.54) is 32.1 Å². The van der Waals surface area contributed by atoms with Crippen LogP contribution >= 0.6 is 0 Å². The summed E-state index contributed by atoms with van der Waals surface area (Å²) in [7, 11) is 0. The minimum atomic E-state index is 0.330. The van der Waals surface area contributed by atoms with Crippen LogP contribution in [0.15, 0.2) is 0 Å². The van der Waals surface area contributed by atoms with Crippen molar-refractivity contribution in [2.24, 2.45) is 28.6 Å². The Bertz CT molecular complexity index is 325. The summed E-state index contributed by atoms with van der Waals surface area (Å²) in [5.41, 5.74) is 0.809. The van der Waals surface area contributed by atoms with Gasteiger partial charge in [0.1, 0.15) is 5.78 Å². The van der Waals surface area contributed by atoms with Crippen LogP contribution < -0.4 is 0 Å². The first-order valence-electron chi connectivity index (χ1n) is 6.99. The van der Waals surface area contributed by atoms with E-state index in [2.05, 4.69) is 20.8 Å². The van der Waals surface area contributed by atoms with Gasteiger partial charge in [0.2, 0.25) is 0 Å². The maximum atomic E-state index is 12.3. The number of hydrogen-bond donors (Lipinski definition) is 0. The van der Waals surface area contributed by atoms with E-state index in [0.29, 0.717) is 28.4 Å². The fourth-order valence-electron chi connectivity index (χ4n) is 5.36. The predicted molar refractivity (Wildman–Crippen MR) is 65.1 cm³/mol. The predicted octanol–water partition coefficient (Wildman–Crippen LogP) is 3.82. The molecule has 1 nitrogen and oxygen atoms in total. The summed E-state index contributed by atoms with van der Waals surface area (Å²) in [6, 6.07) is 0. The van der Waals surface area contributed by atoms with Gasteiger partial charge in [-0.1, -0.05) is 27.2 Å². The van der Waals surface area contributed by atoms with E-state index in [-0.39, 0.29) is 0 Å². The monoisotopic (exact) mass is 220 g/mol. The van der Waals surface area contributed by atoms with Crippen molar-refractivity contribution >= 4 is 5.78 Å². The second kappa shape index (κ2) is 3.11. The highest BCUT2D eigenvalue weighted by molar-refractivity contribution is 5.84. The average Bonchev–Trinajstić information content (AvgIpc) is 2.45. The number of carbonyl (C=O) groups excluding carboxylic acids is 1. The molecule has 0 amide bonds. The lowest BCUT2D eigenvalue weighted by Crippen LogP contribution is -2.62. The van der Waals surface area contributed by atoms with Crippen molar-refractivity contribution in [3.8, 4) is 0 Å². The molecule has 4 atom stereocenters. The molecular weight excluding hydrogens is 196 g/mol. The van der Waals surface area contributed by atoms with Gasteiger partial charge in [-0.2, -0.15) is 0 Å². The van der Waals surface area contributed by atoms with Gasteiger partial charge in [0.25, 0.3) is 0 Å². The number of carbonyl (C=O) groups is 1. The first-order chi connectivity index (χ1) is 7.47. The Labute approximate surface area is 99.0 Å². The number of Topliss-reactive ketones (excluding diaryl/α,β-unsaturated/α-hetero) is 1. The van der Waals surface area contributed by atoms with Crippen LogP contribution in [0, 0.1) is 28.6 Å². The van der Waals surface area contributed by atoms with E-state index >= 15 is 0 Å². The SMILES string of the molecule is CC(C)(C)[C@H]1[C@@H]2CCC[C@@]23CCCC(=O)[C@@H]13. The highest BCUT2D eigenvalue weighted by Gasteiger charge is 2.68. The zero-order valence-electron chi connectivity index (χ0n) is 10.9. The van der Waals surface area contributed by atoms with Gasteiger partial charge < -0.3 is 0 Å². The Balaban J connectivity index is 1.96. The van der Waals surface area contributed by atoms with Crippen molar-refractivity contribution in [3.63, 3.8) is 0 Å². The molecule has 16 heavy (non-hydrogen) atoms. The topological polar surface area (TPSA) is 17.1 Å². The summed E-state index contributed by atoms with van der Waals surface area (Å²) in [4.78, 5) is 12.3. The molecule has 0 radical (unpaired) electrons. The number of rotatable bonds is 0. The first-order valence-corrected chi connectivity index (χ1v) is 6.99. The molecule has 0 aromatic carbocycles.